The lowest BCUT2D eigenvalue weighted by Crippen LogP contribution is -2.52. The fourth-order valence-electron chi connectivity index (χ4n) is 4.44. The minimum atomic E-state index is -0.667. The van der Waals surface area contributed by atoms with Crippen LogP contribution in [-0.4, -0.2) is 44.6 Å². The number of likely N-dealkylation sites (tertiary alicyclic amines) is 1. The number of aromatic nitrogens is 3. The molecule has 0 bridgehead atoms. The summed E-state index contributed by atoms with van der Waals surface area (Å²) in [5.74, 6) is -0.105. The molecule has 136 valence electrons. The van der Waals surface area contributed by atoms with Gasteiger partial charge in [0.05, 0.1) is 16.7 Å². The van der Waals surface area contributed by atoms with Crippen molar-refractivity contribution in [3.05, 3.63) is 59.4 Å². The predicted molar refractivity (Wildman–Crippen MR) is 99.6 cm³/mol. The minimum Gasteiger partial charge on any atom is -0.337 e. The summed E-state index contributed by atoms with van der Waals surface area (Å²) in [5.41, 5.74) is 3.08. The first-order valence-corrected chi connectivity index (χ1v) is 9.11. The number of carbonyl (C=O) groups excluding carboxylic acids is 2. The summed E-state index contributed by atoms with van der Waals surface area (Å²) in [5, 5.41) is 11.5. The van der Waals surface area contributed by atoms with Gasteiger partial charge in [-0.3, -0.25) is 9.59 Å². The maximum Gasteiger partial charge on any atom is 0.258 e. The minimum absolute atomic E-state index is 0.0144. The Balaban J connectivity index is 1.54. The van der Waals surface area contributed by atoms with Crippen LogP contribution in [-0.2, 0) is 10.2 Å². The van der Waals surface area contributed by atoms with E-state index in [9.17, 15) is 9.59 Å². The van der Waals surface area contributed by atoms with Gasteiger partial charge in [0.2, 0.25) is 5.91 Å². The lowest BCUT2D eigenvalue weighted by Gasteiger charge is -2.39. The van der Waals surface area contributed by atoms with Crippen LogP contribution >= 0.6 is 0 Å². The van der Waals surface area contributed by atoms with E-state index in [1.807, 2.05) is 37.3 Å². The van der Waals surface area contributed by atoms with Gasteiger partial charge in [0.25, 0.3) is 5.91 Å². The second kappa shape index (κ2) is 5.64. The second-order valence-electron chi connectivity index (χ2n) is 7.27. The average Bonchev–Trinajstić information content (AvgIpc) is 3.15. The Morgan fingerprint density at radius 3 is 2.96 bits per heavy atom. The SMILES string of the molecule is Cc1nn2ncccc2c1C(=O)N1CCCC2(C1)C(=O)Nc1ccccc12. The van der Waals surface area contributed by atoms with Crippen LogP contribution in [0.1, 0.15) is 34.5 Å². The van der Waals surface area contributed by atoms with Crippen LogP contribution in [0.15, 0.2) is 42.6 Å². The molecule has 1 unspecified atom stereocenters. The second-order valence-corrected chi connectivity index (χ2v) is 7.27. The number of aryl methyl sites for hydroxylation is 1. The van der Waals surface area contributed by atoms with Gasteiger partial charge >= 0.3 is 0 Å². The number of piperidine rings is 1. The van der Waals surface area contributed by atoms with Crippen molar-refractivity contribution in [2.24, 2.45) is 0 Å². The van der Waals surface area contributed by atoms with E-state index in [2.05, 4.69) is 15.5 Å². The Hall–Kier alpha value is -3.22. The molecule has 1 N–H and O–H groups in total. The standard InChI is InChI=1S/C20H19N5O2/c1-13-17(16-8-4-10-21-25(16)23-13)18(26)24-11-5-9-20(12-24)14-6-2-3-7-15(14)22-19(20)27/h2-4,6-8,10H,5,9,11-12H2,1H3,(H,22,27). The monoisotopic (exact) mass is 361 g/mol. The van der Waals surface area contributed by atoms with Crippen LogP contribution in [0.4, 0.5) is 5.69 Å². The largest absolute Gasteiger partial charge is 0.337 e. The van der Waals surface area contributed by atoms with E-state index in [0.29, 0.717) is 29.9 Å². The Morgan fingerprint density at radius 1 is 1.22 bits per heavy atom. The number of hydrogen-bond donors (Lipinski definition) is 1. The Morgan fingerprint density at radius 2 is 2.07 bits per heavy atom. The molecule has 3 aromatic rings. The molecule has 2 aromatic heterocycles. The number of nitrogens with zero attached hydrogens (tertiary/aromatic N) is 4. The zero-order valence-electron chi connectivity index (χ0n) is 15.0. The maximum atomic E-state index is 13.4. The molecular weight excluding hydrogens is 342 g/mol. The first kappa shape index (κ1) is 16.0. The van der Waals surface area contributed by atoms with E-state index in [-0.39, 0.29) is 11.8 Å². The zero-order valence-corrected chi connectivity index (χ0v) is 15.0. The van der Waals surface area contributed by atoms with Gasteiger partial charge in [-0.2, -0.15) is 14.8 Å². The van der Waals surface area contributed by atoms with Crippen molar-refractivity contribution in [3.8, 4) is 0 Å². The highest BCUT2D eigenvalue weighted by Crippen LogP contribution is 2.43. The molecule has 5 rings (SSSR count). The van der Waals surface area contributed by atoms with Crippen molar-refractivity contribution in [2.45, 2.75) is 25.2 Å². The first-order chi connectivity index (χ1) is 13.1. The number of para-hydroxylation sites is 1. The molecule has 2 aliphatic rings. The van der Waals surface area contributed by atoms with E-state index in [4.69, 9.17) is 0 Å². The van der Waals surface area contributed by atoms with Crippen LogP contribution in [0.5, 0.6) is 0 Å². The molecule has 0 aliphatic carbocycles. The third-order valence-electron chi connectivity index (χ3n) is 5.71. The molecule has 1 fully saturated rings. The Bertz CT molecular complexity index is 1090. The zero-order chi connectivity index (χ0) is 18.6. The van der Waals surface area contributed by atoms with E-state index in [1.54, 1.807) is 17.2 Å². The maximum absolute atomic E-state index is 13.4. The lowest BCUT2D eigenvalue weighted by molar-refractivity contribution is -0.122. The molecule has 1 spiro atoms. The summed E-state index contributed by atoms with van der Waals surface area (Å²) in [6.07, 6.45) is 3.17. The van der Waals surface area contributed by atoms with Crippen molar-refractivity contribution < 1.29 is 9.59 Å². The van der Waals surface area contributed by atoms with Gasteiger partial charge in [-0.25, -0.2) is 0 Å². The smallest absolute Gasteiger partial charge is 0.258 e. The fourth-order valence-corrected chi connectivity index (χ4v) is 4.44. The number of anilines is 1. The lowest BCUT2D eigenvalue weighted by atomic mass is 9.75. The highest BCUT2D eigenvalue weighted by Gasteiger charge is 2.50. The Kier molecular flexibility index (Phi) is 3.34. The number of benzene rings is 1. The molecule has 27 heavy (non-hydrogen) atoms. The molecule has 2 aliphatic heterocycles. The molecule has 2 amide bonds. The van der Waals surface area contributed by atoms with Crippen LogP contribution in [0.25, 0.3) is 5.52 Å². The summed E-state index contributed by atoms with van der Waals surface area (Å²) < 4.78 is 1.49. The van der Waals surface area contributed by atoms with Gasteiger partial charge in [-0.15, -0.1) is 0 Å². The van der Waals surface area contributed by atoms with Crippen molar-refractivity contribution >= 4 is 23.0 Å². The molecule has 0 radical (unpaired) electrons. The Labute approximate surface area is 156 Å². The van der Waals surface area contributed by atoms with Crippen molar-refractivity contribution in [1.82, 2.24) is 19.7 Å². The summed E-state index contributed by atoms with van der Waals surface area (Å²) in [6.45, 7) is 2.83. The number of amides is 2. The summed E-state index contributed by atoms with van der Waals surface area (Å²) >= 11 is 0. The summed E-state index contributed by atoms with van der Waals surface area (Å²) in [6, 6.07) is 11.4. The average molecular weight is 361 g/mol. The number of rotatable bonds is 1. The molecule has 7 nitrogen and oxygen atoms in total. The number of fused-ring (bicyclic) bond motifs is 3. The quantitative estimate of drug-likeness (QED) is 0.720. The molecular formula is C20H19N5O2. The van der Waals surface area contributed by atoms with Crippen molar-refractivity contribution in [2.75, 3.05) is 18.4 Å². The van der Waals surface area contributed by atoms with E-state index >= 15 is 0 Å². The number of hydrogen-bond acceptors (Lipinski definition) is 4. The molecule has 0 saturated carbocycles. The van der Waals surface area contributed by atoms with Crippen molar-refractivity contribution in [3.63, 3.8) is 0 Å². The van der Waals surface area contributed by atoms with E-state index in [1.165, 1.54) is 4.63 Å². The first-order valence-electron chi connectivity index (χ1n) is 9.11. The molecule has 4 heterocycles. The third-order valence-corrected chi connectivity index (χ3v) is 5.71. The van der Waals surface area contributed by atoms with Crippen molar-refractivity contribution in [1.29, 1.82) is 0 Å². The van der Waals surface area contributed by atoms with E-state index < -0.39 is 5.41 Å². The number of nitrogens with one attached hydrogen (secondary N) is 1. The van der Waals surface area contributed by atoms with Gasteiger partial charge in [-0.05, 0) is 43.5 Å². The van der Waals surface area contributed by atoms with Crippen LogP contribution in [0, 0.1) is 6.92 Å². The summed E-state index contributed by atoms with van der Waals surface area (Å²) in [7, 11) is 0. The van der Waals surface area contributed by atoms with Crippen LogP contribution in [0.2, 0.25) is 0 Å². The number of carbonyl (C=O) groups is 2. The third kappa shape index (κ3) is 2.21. The van der Waals surface area contributed by atoms with Gasteiger partial charge in [-0.1, -0.05) is 18.2 Å². The van der Waals surface area contributed by atoms with Gasteiger partial charge in [0, 0.05) is 25.0 Å². The van der Waals surface area contributed by atoms with Crippen LogP contribution in [0.3, 0.4) is 0 Å². The molecule has 7 heteroatoms. The fraction of sp³-hybridized carbons (Fsp3) is 0.300. The highest BCUT2D eigenvalue weighted by molar-refractivity contribution is 6.08. The topological polar surface area (TPSA) is 79.6 Å². The normalized spacial score (nSPS) is 21.5. The molecule has 1 atom stereocenters. The molecule has 1 aromatic carbocycles. The van der Waals surface area contributed by atoms with E-state index in [0.717, 1.165) is 24.1 Å². The summed E-state index contributed by atoms with van der Waals surface area (Å²) in [4.78, 5) is 28.0. The van der Waals surface area contributed by atoms with Gasteiger partial charge in [0.1, 0.15) is 5.52 Å². The predicted octanol–water partition coefficient (Wildman–Crippen LogP) is 2.16. The molecule has 1 saturated heterocycles. The van der Waals surface area contributed by atoms with Gasteiger partial charge in [0.15, 0.2) is 0 Å². The van der Waals surface area contributed by atoms with Crippen LogP contribution < -0.4 is 5.32 Å². The highest BCUT2D eigenvalue weighted by atomic mass is 16.2. The van der Waals surface area contributed by atoms with Gasteiger partial charge < -0.3 is 10.2 Å².